The molecular formula is C19H54O7Si7. The fraction of sp³-hybridized carbons (Fsp3) is 1.00. The molecule has 0 bridgehead atoms. The Morgan fingerprint density at radius 1 is 0.758 bits per heavy atom. The molecule has 0 aromatic heterocycles. The molecule has 0 spiro atoms. The van der Waals surface area contributed by atoms with Gasteiger partial charge in [-0.15, -0.1) is 0 Å². The van der Waals surface area contributed by atoms with Crippen molar-refractivity contribution in [3.8, 4) is 0 Å². The van der Waals surface area contributed by atoms with Crippen LogP contribution in [0.25, 0.3) is 0 Å². The average molecular weight is 591 g/mol. The van der Waals surface area contributed by atoms with Crippen LogP contribution >= 0.6 is 0 Å². The Balaban J connectivity index is 7.34. The van der Waals surface area contributed by atoms with Gasteiger partial charge in [0, 0.05) is 17.4 Å². The van der Waals surface area contributed by atoms with Crippen LogP contribution in [0.15, 0.2) is 0 Å². The van der Waals surface area contributed by atoms with E-state index in [0.29, 0.717) is 10.5 Å². The van der Waals surface area contributed by atoms with Crippen molar-refractivity contribution >= 4 is 64.0 Å². The average Bonchev–Trinajstić information content (AvgIpc) is 2.57. The third kappa shape index (κ3) is 12.4. The molecule has 0 heterocycles. The standard InChI is InChI=1S/C19H54O7Si7/c1-20-19(24-32(8,9)10,25-33(11,12)13)18(22-29-26-28,23-31(5,6)7)17(15-14-16-27)21-30(2,3)4/h17H,14-16,29H2,1-13,27-28H3. The molecule has 0 saturated carbocycles. The van der Waals surface area contributed by atoms with E-state index in [1.807, 2.05) is 0 Å². The molecule has 7 nitrogen and oxygen atoms in total. The first-order valence-corrected chi connectivity index (χ1v) is 29.1. The zero-order valence-electron chi connectivity index (χ0n) is 24.3. The lowest BCUT2D eigenvalue weighted by Crippen LogP contribution is -2.74. The van der Waals surface area contributed by atoms with Crippen LogP contribution in [0.3, 0.4) is 0 Å². The minimum Gasteiger partial charge on any atom is -0.449 e. The quantitative estimate of drug-likeness (QED) is 0.191. The maximum Gasteiger partial charge on any atom is 0.322 e. The van der Waals surface area contributed by atoms with Gasteiger partial charge in [0.15, 0.2) is 33.3 Å². The van der Waals surface area contributed by atoms with Gasteiger partial charge < -0.3 is 31.0 Å². The molecule has 0 aliphatic carbocycles. The van der Waals surface area contributed by atoms with Gasteiger partial charge in [0.1, 0.15) is 16.6 Å². The van der Waals surface area contributed by atoms with Crippen LogP contribution in [-0.4, -0.2) is 89.0 Å². The summed E-state index contributed by atoms with van der Waals surface area (Å²) >= 11 is 0. The van der Waals surface area contributed by atoms with Gasteiger partial charge >= 0.3 is 5.97 Å². The Kier molecular flexibility index (Phi) is 13.7. The zero-order valence-corrected chi connectivity index (χ0v) is 33.7. The van der Waals surface area contributed by atoms with E-state index in [0.717, 1.165) is 23.1 Å². The van der Waals surface area contributed by atoms with Gasteiger partial charge in [-0.2, -0.15) is 0 Å². The Morgan fingerprint density at radius 3 is 1.52 bits per heavy atom. The summed E-state index contributed by atoms with van der Waals surface area (Å²) in [5.41, 5.74) is 0. The summed E-state index contributed by atoms with van der Waals surface area (Å²) < 4.78 is 46.4. The summed E-state index contributed by atoms with van der Waals surface area (Å²) in [6.07, 6.45) is 1.44. The molecular weight excluding hydrogens is 537 g/mol. The van der Waals surface area contributed by atoms with Gasteiger partial charge in [0.2, 0.25) is 0 Å². The molecule has 0 fully saturated rings. The maximum absolute atomic E-state index is 7.05. The minimum atomic E-state index is -2.21. The molecule has 2 atom stereocenters. The number of ether oxygens (including phenoxy) is 1. The lowest BCUT2D eigenvalue weighted by Gasteiger charge is -2.56. The van der Waals surface area contributed by atoms with Gasteiger partial charge in [0.25, 0.3) is 15.8 Å². The summed E-state index contributed by atoms with van der Waals surface area (Å²) in [5, 5.41) is 0. The number of rotatable bonds is 17. The monoisotopic (exact) mass is 590 g/mol. The van der Waals surface area contributed by atoms with E-state index in [2.05, 4.69) is 78.6 Å². The van der Waals surface area contributed by atoms with Crippen LogP contribution in [0.1, 0.15) is 12.8 Å². The highest BCUT2D eigenvalue weighted by Gasteiger charge is 2.66. The van der Waals surface area contributed by atoms with E-state index in [-0.39, 0.29) is 6.10 Å². The predicted octanol–water partition coefficient (Wildman–Crippen LogP) is 2.63. The van der Waals surface area contributed by atoms with Gasteiger partial charge in [0.05, 0.1) is 0 Å². The molecule has 0 aliphatic heterocycles. The Morgan fingerprint density at radius 2 is 1.21 bits per heavy atom. The molecule has 0 amide bonds. The second-order valence-electron chi connectivity index (χ2n) is 12.5. The largest absolute Gasteiger partial charge is 0.449 e. The molecule has 200 valence electrons. The summed E-state index contributed by atoms with van der Waals surface area (Å²) in [6.45, 7) is 25.9. The van der Waals surface area contributed by atoms with Crippen molar-refractivity contribution < 1.29 is 31.0 Å². The van der Waals surface area contributed by atoms with E-state index in [1.54, 1.807) is 7.11 Å². The van der Waals surface area contributed by atoms with Crippen LogP contribution in [0.2, 0.25) is 84.6 Å². The lowest BCUT2D eigenvalue weighted by molar-refractivity contribution is -0.438. The molecule has 0 aromatic carbocycles. The van der Waals surface area contributed by atoms with Crippen molar-refractivity contribution in [2.75, 3.05) is 7.11 Å². The van der Waals surface area contributed by atoms with Gasteiger partial charge in [-0.1, -0.05) is 12.5 Å². The first-order chi connectivity index (χ1) is 14.7. The molecule has 33 heavy (non-hydrogen) atoms. The summed E-state index contributed by atoms with van der Waals surface area (Å²) in [7, 11) is -6.59. The topological polar surface area (TPSA) is 64.6 Å². The van der Waals surface area contributed by atoms with Crippen molar-refractivity contribution in [1.82, 2.24) is 0 Å². The third-order valence-electron chi connectivity index (χ3n) is 4.17. The maximum atomic E-state index is 7.05. The normalized spacial score (nSPS) is 17.7. The molecule has 2 unspecified atom stereocenters. The molecule has 0 saturated heterocycles. The summed E-state index contributed by atoms with van der Waals surface area (Å²) in [6, 6.07) is 1.17. The van der Waals surface area contributed by atoms with Crippen LogP contribution < -0.4 is 0 Å². The van der Waals surface area contributed by atoms with Crippen molar-refractivity contribution in [1.29, 1.82) is 0 Å². The second-order valence-corrected chi connectivity index (χ2v) is 34.1. The first-order valence-electron chi connectivity index (χ1n) is 12.1. The van der Waals surface area contributed by atoms with Crippen molar-refractivity contribution in [2.24, 2.45) is 0 Å². The highest BCUT2D eigenvalue weighted by Crippen LogP contribution is 2.45. The van der Waals surface area contributed by atoms with Crippen molar-refractivity contribution in [2.45, 2.75) is 115 Å². The minimum absolute atomic E-state index is 0.387. The van der Waals surface area contributed by atoms with E-state index >= 15 is 0 Å². The SMILES string of the molecule is COC(O[Si](C)(C)C)(O[Si](C)(C)C)C(O[SiH2]O[SiH3])(O[Si](C)(C)C)C(CCC[SiH3])O[Si](C)(C)C. The Bertz CT molecular complexity index is 555. The Labute approximate surface area is 216 Å². The van der Waals surface area contributed by atoms with E-state index < -0.39 is 55.0 Å². The Hall–Kier alpha value is 1.24. The molecule has 0 radical (unpaired) electrons. The number of hydrogen-bond donors (Lipinski definition) is 0. The first kappa shape index (κ1) is 34.2. The van der Waals surface area contributed by atoms with Gasteiger partial charge in [-0.3, -0.25) is 0 Å². The van der Waals surface area contributed by atoms with Gasteiger partial charge in [-0.25, -0.2) is 0 Å². The predicted molar refractivity (Wildman–Crippen MR) is 159 cm³/mol. The van der Waals surface area contributed by atoms with Crippen LogP contribution in [0.5, 0.6) is 0 Å². The van der Waals surface area contributed by atoms with Crippen LogP contribution in [-0.2, 0) is 31.0 Å². The highest BCUT2D eigenvalue weighted by atomic mass is 28.4. The van der Waals surface area contributed by atoms with Crippen molar-refractivity contribution in [3.05, 3.63) is 0 Å². The van der Waals surface area contributed by atoms with Crippen LogP contribution in [0, 0.1) is 0 Å². The second kappa shape index (κ2) is 13.2. The molecule has 0 aromatic rings. The van der Waals surface area contributed by atoms with Gasteiger partial charge in [-0.05, 0) is 85.0 Å². The molecule has 0 rings (SSSR count). The van der Waals surface area contributed by atoms with Crippen molar-refractivity contribution in [3.63, 3.8) is 0 Å². The summed E-state index contributed by atoms with van der Waals surface area (Å²) in [4.78, 5) is 0. The van der Waals surface area contributed by atoms with E-state index in [4.69, 9.17) is 31.0 Å². The zero-order chi connectivity index (χ0) is 26.4. The lowest BCUT2D eigenvalue weighted by atomic mass is 10.0. The number of methoxy groups -OCH3 is 1. The summed E-state index contributed by atoms with van der Waals surface area (Å²) in [5.74, 6) is -2.90. The molecule has 14 heteroatoms. The fourth-order valence-electron chi connectivity index (χ4n) is 3.48. The van der Waals surface area contributed by atoms with Crippen LogP contribution in [0.4, 0.5) is 0 Å². The molecule has 0 aliphatic rings. The number of hydrogen-bond acceptors (Lipinski definition) is 7. The van der Waals surface area contributed by atoms with E-state index in [1.165, 1.54) is 6.04 Å². The smallest absolute Gasteiger partial charge is 0.322 e. The molecule has 0 N–H and O–H groups in total. The van der Waals surface area contributed by atoms with E-state index in [9.17, 15) is 0 Å². The highest BCUT2D eigenvalue weighted by molar-refractivity contribution is 6.71. The fourth-order valence-corrected chi connectivity index (χ4v) is 9.65. The third-order valence-corrected chi connectivity index (χ3v) is 10.0.